The second kappa shape index (κ2) is 4.13. The van der Waals surface area contributed by atoms with Gasteiger partial charge in [0, 0.05) is 5.69 Å². The maximum Gasteiger partial charge on any atom is 0.482 e. The molecule has 0 radical (unpaired) electrons. The lowest BCUT2D eigenvalue weighted by atomic mass is 10.0. The molecule has 1 N–H and O–H groups in total. The van der Waals surface area contributed by atoms with Gasteiger partial charge in [-0.25, -0.2) is 0 Å². The fourth-order valence-electron chi connectivity index (χ4n) is 1.34. The molecule has 0 spiro atoms. The Morgan fingerprint density at radius 2 is 1.80 bits per heavy atom. The van der Waals surface area contributed by atoms with Crippen molar-refractivity contribution < 1.29 is 13.2 Å². The molecule has 0 amide bonds. The second-order valence-corrected chi connectivity index (χ2v) is 3.85. The molecule has 1 aromatic carbocycles. The topological polar surface area (TPSA) is 12.0 Å². The summed E-state index contributed by atoms with van der Waals surface area (Å²) in [5, 5.41) is 1.52. The summed E-state index contributed by atoms with van der Waals surface area (Å²) >= 11 is 0. The van der Waals surface area contributed by atoms with Gasteiger partial charge in [-0.1, -0.05) is 26.0 Å². The summed E-state index contributed by atoms with van der Waals surface area (Å²) in [5.74, 6) is 0.323. The Bertz CT molecular complexity index is 342. The van der Waals surface area contributed by atoms with Crippen LogP contribution in [0.1, 0.15) is 30.9 Å². The number of hydrogen-bond donors (Lipinski definition) is 1. The van der Waals surface area contributed by atoms with E-state index in [9.17, 15) is 13.2 Å². The molecule has 1 nitrogen and oxygen atoms in total. The highest BCUT2D eigenvalue weighted by molar-refractivity contribution is 5.52. The van der Waals surface area contributed by atoms with Crippen LogP contribution in [0.15, 0.2) is 18.2 Å². The van der Waals surface area contributed by atoms with Crippen molar-refractivity contribution in [3.63, 3.8) is 0 Å². The molecule has 0 aliphatic rings. The van der Waals surface area contributed by atoms with Crippen molar-refractivity contribution in [3.8, 4) is 0 Å². The molecule has 15 heavy (non-hydrogen) atoms. The molecule has 0 saturated carbocycles. The molecule has 1 aromatic rings. The Balaban J connectivity index is 2.94. The Morgan fingerprint density at radius 1 is 1.20 bits per heavy atom. The van der Waals surface area contributed by atoms with Crippen LogP contribution in [0.4, 0.5) is 18.9 Å². The molecule has 4 heteroatoms. The average Bonchev–Trinajstić information content (AvgIpc) is 2.05. The summed E-state index contributed by atoms with van der Waals surface area (Å²) in [6.45, 7) is 5.68. The first-order chi connectivity index (χ1) is 6.79. The molecule has 0 fully saturated rings. The highest BCUT2D eigenvalue weighted by atomic mass is 19.4. The van der Waals surface area contributed by atoms with Crippen molar-refractivity contribution >= 4 is 5.69 Å². The molecule has 0 heterocycles. The number of nitrogens with one attached hydrogen (secondary N) is 1. The Morgan fingerprint density at radius 3 is 2.20 bits per heavy atom. The first-order valence-corrected chi connectivity index (χ1v) is 4.75. The normalized spacial score (nSPS) is 11.9. The van der Waals surface area contributed by atoms with E-state index in [1.165, 1.54) is 11.4 Å². The lowest BCUT2D eigenvalue weighted by Crippen LogP contribution is -2.21. The van der Waals surface area contributed by atoms with Crippen molar-refractivity contribution in [2.24, 2.45) is 0 Å². The SMILES string of the molecule is Cc1cc(C(C)C)ccc1NC(F)(F)F. The average molecular weight is 217 g/mol. The van der Waals surface area contributed by atoms with Crippen LogP contribution in [0.5, 0.6) is 0 Å². The highest BCUT2D eigenvalue weighted by Crippen LogP contribution is 2.25. The van der Waals surface area contributed by atoms with E-state index in [0.29, 0.717) is 11.5 Å². The monoisotopic (exact) mass is 217 g/mol. The molecule has 1 rings (SSSR count). The van der Waals surface area contributed by atoms with Crippen LogP contribution < -0.4 is 5.32 Å². The van der Waals surface area contributed by atoms with Gasteiger partial charge in [0.1, 0.15) is 0 Å². The van der Waals surface area contributed by atoms with Crippen molar-refractivity contribution in [2.45, 2.75) is 33.0 Å². The molecule has 0 aliphatic carbocycles. The Kier molecular flexibility index (Phi) is 3.27. The number of alkyl halides is 3. The van der Waals surface area contributed by atoms with E-state index in [4.69, 9.17) is 0 Å². The van der Waals surface area contributed by atoms with E-state index in [0.717, 1.165) is 5.56 Å². The number of aryl methyl sites for hydroxylation is 1. The van der Waals surface area contributed by atoms with Crippen LogP contribution in [-0.4, -0.2) is 6.30 Å². The van der Waals surface area contributed by atoms with E-state index >= 15 is 0 Å². The minimum Gasteiger partial charge on any atom is -0.297 e. The van der Waals surface area contributed by atoms with E-state index in [2.05, 4.69) is 0 Å². The number of hydrogen-bond acceptors (Lipinski definition) is 1. The number of anilines is 1. The Hall–Kier alpha value is -1.19. The van der Waals surface area contributed by atoms with Crippen molar-refractivity contribution in [1.29, 1.82) is 0 Å². The minimum atomic E-state index is -4.37. The molecular weight excluding hydrogens is 203 g/mol. The molecule has 0 aromatic heterocycles. The zero-order valence-corrected chi connectivity index (χ0v) is 8.94. The van der Waals surface area contributed by atoms with Crippen LogP contribution in [0, 0.1) is 6.92 Å². The van der Waals surface area contributed by atoms with Gasteiger partial charge >= 0.3 is 6.30 Å². The van der Waals surface area contributed by atoms with Crippen LogP contribution in [0.25, 0.3) is 0 Å². The zero-order valence-electron chi connectivity index (χ0n) is 8.94. The third-order valence-corrected chi connectivity index (χ3v) is 2.19. The van der Waals surface area contributed by atoms with Gasteiger partial charge in [0.25, 0.3) is 0 Å². The smallest absolute Gasteiger partial charge is 0.297 e. The lowest BCUT2D eigenvalue weighted by molar-refractivity contribution is -0.0999. The maximum atomic E-state index is 12.1. The van der Waals surface area contributed by atoms with Gasteiger partial charge < -0.3 is 0 Å². The van der Waals surface area contributed by atoms with Crippen molar-refractivity contribution in [2.75, 3.05) is 5.32 Å². The highest BCUT2D eigenvalue weighted by Gasteiger charge is 2.27. The van der Waals surface area contributed by atoms with E-state index in [-0.39, 0.29) is 5.69 Å². The van der Waals surface area contributed by atoms with Crippen molar-refractivity contribution in [1.82, 2.24) is 0 Å². The first kappa shape index (κ1) is 11.9. The lowest BCUT2D eigenvalue weighted by Gasteiger charge is -2.14. The molecule has 0 unspecified atom stereocenters. The number of benzene rings is 1. The third kappa shape index (κ3) is 3.46. The summed E-state index contributed by atoms with van der Waals surface area (Å²) in [7, 11) is 0. The van der Waals surface area contributed by atoms with Crippen LogP contribution in [0.2, 0.25) is 0 Å². The molecule has 0 atom stereocenters. The third-order valence-electron chi connectivity index (χ3n) is 2.19. The summed E-state index contributed by atoms with van der Waals surface area (Å²) < 4.78 is 36.2. The molecule has 0 saturated heterocycles. The maximum absolute atomic E-state index is 12.1. The second-order valence-electron chi connectivity index (χ2n) is 3.85. The first-order valence-electron chi connectivity index (χ1n) is 4.75. The van der Waals surface area contributed by atoms with Gasteiger partial charge in [0.15, 0.2) is 0 Å². The summed E-state index contributed by atoms with van der Waals surface area (Å²) in [6.07, 6.45) is -4.37. The molecule has 0 bridgehead atoms. The Labute approximate surface area is 87.3 Å². The largest absolute Gasteiger partial charge is 0.482 e. The van der Waals surface area contributed by atoms with E-state index in [1.54, 1.807) is 19.1 Å². The van der Waals surface area contributed by atoms with Crippen LogP contribution in [-0.2, 0) is 0 Å². The fourth-order valence-corrected chi connectivity index (χ4v) is 1.34. The van der Waals surface area contributed by atoms with Crippen LogP contribution in [0.3, 0.4) is 0 Å². The number of rotatable bonds is 2. The molecular formula is C11H14F3N. The van der Waals surface area contributed by atoms with Gasteiger partial charge in [-0.15, -0.1) is 0 Å². The predicted octanol–water partition coefficient (Wildman–Crippen LogP) is 4.05. The predicted molar refractivity (Wildman–Crippen MR) is 54.9 cm³/mol. The van der Waals surface area contributed by atoms with Gasteiger partial charge in [-0.3, -0.25) is 5.32 Å². The van der Waals surface area contributed by atoms with Gasteiger partial charge in [0.2, 0.25) is 0 Å². The van der Waals surface area contributed by atoms with E-state index < -0.39 is 6.30 Å². The van der Waals surface area contributed by atoms with Crippen LogP contribution >= 0.6 is 0 Å². The van der Waals surface area contributed by atoms with Crippen molar-refractivity contribution in [3.05, 3.63) is 29.3 Å². The summed E-state index contributed by atoms with van der Waals surface area (Å²) in [4.78, 5) is 0. The quantitative estimate of drug-likeness (QED) is 0.737. The summed E-state index contributed by atoms with van der Waals surface area (Å²) in [5.41, 5.74) is 1.77. The van der Waals surface area contributed by atoms with Gasteiger partial charge in [0.05, 0.1) is 0 Å². The number of halogens is 3. The minimum absolute atomic E-state index is 0.118. The summed E-state index contributed by atoms with van der Waals surface area (Å²) in [6, 6.07) is 4.96. The standard InChI is InChI=1S/C11H14F3N/c1-7(2)9-4-5-10(8(3)6-9)15-11(12,13)14/h4-7,15H,1-3H3. The zero-order chi connectivity index (χ0) is 11.6. The van der Waals surface area contributed by atoms with Gasteiger partial charge in [-0.05, 0) is 30.0 Å². The molecule has 0 aliphatic heterocycles. The molecule has 84 valence electrons. The van der Waals surface area contributed by atoms with Gasteiger partial charge in [-0.2, -0.15) is 13.2 Å². The van der Waals surface area contributed by atoms with E-state index in [1.807, 2.05) is 13.8 Å². The fraction of sp³-hybridized carbons (Fsp3) is 0.455.